The molecule has 1 heterocycles. The quantitative estimate of drug-likeness (QED) is 0.283. The van der Waals surface area contributed by atoms with Gasteiger partial charge in [-0.15, -0.1) is 0 Å². The molecule has 0 saturated carbocycles. The second-order valence-electron chi connectivity index (χ2n) is 10.7. The Morgan fingerprint density at radius 1 is 0.897 bits per heavy atom. The fourth-order valence-electron chi connectivity index (χ4n) is 4.72. The SMILES string of the molecule is CCc1c(F)cc(-c2ccc(-n3cc(C(C)(C)O)nc3C(C)(C)c3ccccc3F)c(F)c2)cc1S(C)(=O)=O. The molecule has 3 aromatic carbocycles. The van der Waals surface area contributed by atoms with Crippen LogP contribution in [-0.4, -0.2) is 29.3 Å². The number of hydrogen-bond donors (Lipinski definition) is 1. The van der Waals surface area contributed by atoms with Crippen LogP contribution in [0, 0.1) is 17.5 Å². The van der Waals surface area contributed by atoms with Crippen molar-refractivity contribution in [2.24, 2.45) is 0 Å². The number of hydrogen-bond acceptors (Lipinski definition) is 4. The fourth-order valence-corrected chi connectivity index (χ4v) is 5.75. The van der Waals surface area contributed by atoms with Crippen LogP contribution in [0.2, 0.25) is 0 Å². The molecule has 1 N–H and O–H groups in total. The van der Waals surface area contributed by atoms with Gasteiger partial charge in [-0.05, 0) is 75.6 Å². The average molecular weight is 557 g/mol. The maximum atomic E-state index is 15.8. The van der Waals surface area contributed by atoms with Gasteiger partial charge >= 0.3 is 0 Å². The Morgan fingerprint density at radius 2 is 1.54 bits per heavy atom. The van der Waals surface area contributed by atoms with Crippen LogP contribution in [-0.2, 0) is 27.3 Å². The Labute approximate surface area is 226 Å². The zero-order chi connectivity index (χ0) is 28.9. The molecule has 9 heteroatoms. The number of nitrogens with zero attached hydrogens (tertiary/aromatic N) is 2. The molecule has 0 aliphatic rings. The van der Waals surface area contributed by atoms with E-state index in [1.54, 1.807) is 58.9 Å². The second kappa shape index (κ2) is 9.95. The van der Waals surface area contributed by atoms with Crippen molar-refractivity contribution in [3.8, 4) is 16.8 Å². The third kappa shape index (κ3) is 5.38. The Bertz CT molecular complexity index is 1670. The molecule has 0 unspecified atom stereocenters. The first-order valence-electron chi connectivity index (χ1n) is 12.5. The number of aliphatic hydroxyl groups is 1. The molecular weight excluding hydrogens is 525 g/mol. The van der Waals surface area contributed by atoms with E-state index in [1.807, 2.05) is 0 Å². The van der Waals surface area contributed by atoms with Crippen LogP contribution in [0.4, 0.5) is 13.2 Å². The van der Waals surface area contributed by atoms with E-state index in [9.17, 15) is 22.3 Å². The summed E-state index contributed by atoms with van der Waals surface area (Å²) in [6, 6.07) is 13.0. The summed E-state index contributed by atoms with van der Waals surface area (Å²) in [5.74, 6) is -1.53. The van der Waals surface area contributed by atoms with Crippen LogP contribution in [0.3, 0.4) is 0 Å². The summed E-state index contributed by atoms with van der Waals surface area (Å²) in [6.07, 6.45) is 2.70. The number of halogens is 3. The Kier molecular flexibility index (Phi) is 7.29. The van der Waals surface area contributed by atoms with Crippen molar-refractivity contribution >= 4 is 9.84 Å². The standard InChI is InChI=1S/C30H31F3N2O3S/c1-7-20-23(32)15-19(16-26(20)39(6,37)38)18-12-13-25(24(33)14-18)35-17-27(30(4,5)36)34-28(35)29(2,3)21-10-8-9-11-22(21)31/h8-17,36H,7H2,1-6H3. The van der Waals surface area contributed by atoms with Crippen LogP contribution >= 0.6 is 0 Å². The molecule has 0 bridgehead atoms. The zero-order valence-corrected chi connectivity index (χ0v) is 23.5. The number of imidazole rings is 1. The van der Waals surface area contributed by atoms with Gasteiger partial charge in [0.25, 0.3) is 0 Å². The molecule has 206 valence electrons. The molecule has 1 aromatic heterocycles. The van der Waals surface area contributed by atoms with Crippen molar-refractivity contribution in [3.63, 3.8) is 0 Å². The summed E-state index contributed by atoms with van der Waals surface area (Å²) in [6.45, 7) is 8.28. The molecule has 0 atom stereocenters. The minimum absolute atomic E-state index is 0.0788. The van der Waals surface area contributed by atoms with Crippen LogP contribution in [0.25, 0.3) is 16.8 Å². The lowest BCUT2D eigenvalue weighted by Crippen LogP contribution is -2.26. The van der Waals surface area contributed by atoms with E-state index in [4.69, 9.17) is 0 Å². The highest BCUT2D eigenvalue weighted by Gasteiger charge is 2.34. The van der Waals surface area contributed by atoms with Gasteiger partial charge in [0.2, 0.25) is 0 Å². The normalized spacial score (nSPS) is 12.7. The van der Waals surface area contributed by atoms with Crippen molar-refractivity contribution in [1.82, 2.24) is 9.55 Å². The molecule has 4 rings (SSSR count). The van der Waals surface area contributed by atoms with Crippen molar-refractivity contribution in [2.45, 2.75) is 57.0 Å². The number of rotatable bonds is 7. The molecule has 4 aromatic rings. The molecule has 0 amide bonds. The first kappa shape index (κ1) is 28.6. The Hall–Kier alpha value is -3.43. The molecule has 0 aliphatic heterocycles. The molecule has 0 saturated heterocycles. The van der Waals surface area contributed by atoms with Crippen molar-refractivity contribution in [3.05, 3.63) is 101 Å². The van der Waals surface area contributed by atoms with E-state index < -0.39 is 38.3 Å². The smallest absolute Gasteiger partial charge is 0.175 e. The van der Waals surface area contributed by atoms with E-state index >= 15 is 4.39 Å². The summed E-state index contributed by atoms with van der Waals surface area (Å²) in [5, 5.41) is 10.7. The minimum Gasteiger partial charge on any atom is -0.384 e. The topological polar surface area (TPSA) is 72.2 Å². The van der Waals surface area contributed by atoms with Gasteiger partial charge in [0, 0.05) is 23.6 Å². The highest BCUT2D eigenvalue weighted by molar-refractivity contribution is 7.90. The Morgan fingerprint density at radius 3 is 2.10 bits per heavy atom. The molecule has 0 spiro atoms. The molecule has 5 nitrogen and oxygen atoms in total. The van der Waals surface area contributed by atoms with Gasteiger partial charge in [0.05, 0.1) is 21.7 Å². The summed E-state index contributed by atoms with van der Waals surface area (Å²) in [5.41, 5.74) is -1.13. The predicted molar refractivity (Wildman–Crippen MR) is 145 cm³/mol. The maximum absolute atomic E-state index is 15.8. The molecule has 0 aliphatic carbocycles. The van der Waals surface area contributed by atoms with Gasteiger partial charge in [-0.3, -0.25) is 4.57 Å². The van der Waals surface area contributed by atoms with Crippen molar-refractivity contribution in [2.75, 3.05) is 6.26 Å². The van der Waals surface area contributed by atoms with Gasteiger partial charge in [0.1, 0.15) is 28.9 Å². The third-order valence-corrected chi connectivity index (χ3v) is 8.05. The van der Waals surface area contributed by atoms with E-state index in [2.05, 4.69) is 4.98 Å². The van der Waals surface area contributed by atoms with E-state index in [0.717, 1.165) is 6.26 Å². The average Bonchev–Trinajstić information content (AvgIpc) is 3.30. The van der Waals surface area contributed by atoms with Gasteiger partial charge in [0.15, 0.2) is 9.84 Å². The van der Waals surface area contributed by atoms with Gasteiger partial charge in [-0.25, -0.2) is 26.6 Å². The monoisotopic (exact) mass is 556 g/mol. The minimum atomic E-state index is -3.72. The molecule has 0 radical (unpaired) electrons. The zero-order valence-electron chi connectivity index (χ0n) is 22.7. The first-order valence-corrected chi connectivity index (χ1v) is 14.3. The maximum Gasteiger partial charge on any atom is 0.175 e. The molecule has 0 fully saturated rings. The lowest BCUT2D eigenvalue weighted by Gasteiger charge is -2.26. The second-order valence-corrected chi connectivity index (χ2v) is 12.7. The molecule has 39 heavy (non-hydrogen) atoms. The largest absolute Gasteiger partial charge is 0.384 e. The van der Waals surface area contributed by atoms with E-state index in [1.165, 1.54) is 41.1 Å². The lowest BCUT2D eigenvalue weighted by molar-refractivity contribution is 0.0740. The fraction of sp³-hybridized carbons (Fsp3) is 0.300. The van der Waals surface area contributed by atoms with Crippen LogP contribution < -0.4 is 0 Å². The van der Waals surface area contributed by atoms with Gasteiger partial charge in [-0.1, -0.05) is 31.2 Å². The number of sulfone groups is 1. The summed E-state index contributed by atoms with van der Waals surface area (Å²) < 4.78 is 71.5. The summed E-state index contributed by atoms with van der Waals surface area (Å²) in [4.78, 5) is 4.47. The predicted octanol–water partition coefficient (Wildman–Crippen LogP) is 6.48. The molecular formula is C30H31F3N2O3S. The highest BCUT2D eigenvalue weighted by Crippen LogP contribution is 2.37. The van der Waals surface area contributed by atoms with Crippen LogP contribution in [0.1, 0.15) is 57.3 Å². The Balaban J connectivity index is 1.90. The van der Waals surface area contributed by atoms with Crippen molar-refractivity contribution < 1.29 is 26.7 Å². The lowest BCUT2D eigenvalue weighted by atomic mass is 9.83. The van der Waals surface area contributed by atoms with E-state index in [-0.39, 0.29) is 39.4 Å². The van der Waals surface area contributed by atoms with Crippen LogP contribution in [0.15, 0.2) is 65.7 Å². The number of aromatic nitrogens is 2. The van der Waals surface area contributed by atoms with E-state index in [0.29, 0.717) is 11.4 Å². The third-order valence-electron chi connectivity index (χ3n) is 6.89. The summed E-state index contributed by atoms with van der Waals surface area (Å²) >= 11 is 0. The summed E-state index contributed by atoms with van der Waals surface area (Å²) in [7, 11) is -3.72. The first-order chi connectivity index (χ1) is 18.1. The van der Waals surface area contributed by atoms with Gasteiger partial charge in [-0.2, -0.15) is 0 Å². The van der Waals surface area contributed by atoms with Crippen LogP contribution in [0.5, 0.6) is 0 Å². The van der Waals surface area contributed by atoms with Gasteiger partial charge < -0.3 is 5.11 Å². The highest BCUT2D eigenvalue weighted by atomic mass is 32.2. The number of benzene rings is 3. The van der Waals surface area contributed by atoms with Crippen molar-refractivity contribution in [1.29, 1.82) is 0 Å².